The van der Waals surface area contributed by atoms with E-state index in [1.807, 2.05) is 37.3 Å². The minimum atomic E-state index is -0.385. The van der Waals surface area contributed by atoms with Gasteiger partial charge in [-0.25, -0.2) is 9.99 Å². The number of rotatable bonds is 7. The number of pyridine rings is 1. The number of anilines is 1. The highest BCUT2D eigenvalue weighted by molar-refractivity contribution is 6.39. The van der Waals surface area contributed by atoms with E-state index in [4.69, 9.17) is 4.74 Å². The second-order valence-corrected chi connectivity index (χ2v) is 7.28. The van der Waals surface area contributed by atoms with Crippen molar-refractivity contribution >= 4 is 23.3 Å². The molecule has 8 nitrogen and oxygen atoms in total. The number of benzene rings is 1. The molecule has 0 bridgehead atoms. The van der Waals surface area contributed by atoms with Crippen molar-refractivity contribution in [1.82, 2.24) is 15.7 Å². The van der Waals surface area contributed by atoms with Gasteiger partial charge in [0.15, 0.2) is 0 Å². The molecule has 2 aromatic rings. The second kappa shape index (κ2) is 8.30. The Morgan fingerprint density at radius 3 is 2.72 bits per heavy atom. The van der Waals surface area contributed by atoms with Gasteiger partial charge in [0, 0.05) is 18.8 Å². The van der Waals surface area contributed by atoms with E-state index in [0.717, 1.165) is 11.1 Å². The Morgan fingerprint density at radius 1 is 1.24 bits per heavy atom. The van der Waals surface area contributed by atoms with Gasteiger partial charge in [-0.1, -0.05) is 23.8 Å². The number of nitrogens with one attached hydrogen (secondary N) is 2. The molecule has 1 saturated carbocycles. The van der Waals surface area contributed by atoms with E-state index < -0.39 is 0 Å². The van der Waals surface area contributed by atoms with Crippen molar-refractivity contribution in [2.75, 3.05) is 18.2 Å². The molecule has 0 saturated heterocycles. The lowest BCUT2D eigenvalue weighted by molar-refractivity contribution is -0.118. The van der Waals surface area contributed by atoms with Crippen LogP contribution in [0.3, 0.4) is 0 Å². The molecule has 1 fully saturated rings. The number of aliphatic imine (C=N–C) groups is 1. The molecule has 29 heavy (non-hydrogen) atoms. The molecule has 8 heteroatoms. The Bertz CT molecular complexity index is 920. The number of ether oxygens (including phenoxy) is 1. The van der Waals surface area contributed by atoms with Crippen molar-refractivity contribution in [3.63, 3.8) is 0 Å². The summed E-state index contributed by atoms with van der Waals surface area (Å²) in [6.07, 6.45) is 4.14. The number of aromatic nitrogens is 1. The van der Waals surface area contributed by atoms with Crippen LogP contribution in [0.5, 0.6) is 5.88 Å². The van der Waals surface area contributed by atoms with E-state index in [-0.39, 0.29) is 24.2 Å². The van der Waals surface area contributed by atoms with Gasteiger partial charge in [-0.15, -0.1) is 0 Å². The summed E-state index contributed by atoms with van der Waals surface area (Å²) in [5.74, 6) is 0.756. The lowest BCUT2D eigenvalue weighted by atomic mass is 10.2. The normalized spacial score (nSPS) is 16.1. The Kier molecular flexibility index (Phi) is 5.41. The molecule has 150 valence electrons. The third-order valence-electron chi connectivity index (χ3n) is 4.76. The van der Waals surface area contributed by atoms with Crippen molar-refractivity contribution in [3.05, 3.63) is 53.7 Å². The SMILES string of the molecule is Cc1ccc(N2NC(C(=O)NCc3ccc(OCC4CC4)nc3)=NCC2=O)cc1. The summed E-state index contributed by atoms with van der Waals surface area (Å²) in [5, 5.41) is 4.14. The molecular weight excluding hydrogens is 370 g/mol. The van der Waals surface area contributed by atoms with Crippen molar-refractivity contribution < 1.29 is 14.3 Å². The molecule has 2 aliphatic rings. The Balaban J connectivity index is 1.31. The minimum Gasteiger partial charge on any atom is -0.477 e. The van der Waals surface area contributed by atoms with Crippen molar-refractivity contribution in [1.29, 1.82) is 0 Å². The summed E-state index contributed by atoms with van der Waals surface area (Å²) in [7, 11) is 0. The fourth-order valence-electron chi connectivity index (χ4n) is 2.80. The molecule has 0 unspecified atom stereocenters. The average molecular weight is 393 g/mol. The molecule has 1 aliphatic heterocycles. The third kappa shape index (κ3) is 4.90. The summed E-state index contributed by atoms with van der Waals surface area (Å²) >= 11 is 0. The first-order valence-electron chi connectivity index (χ1n) is 9.65. The first-order valence-corrected chi connectivity index (χ1v) is 9.65. The van der Waals surface area contributed by atoms with Gasteiger partial charge in [-0.3, -0.25) is 20.0 Å². The van der Waals surface area contributed by atoms with Gasteiger partial charge in [0.05, 0.1) is 12.3 Å². The monoisotopic (exact) mass is 393 g/mol. The molecule has 2 N–H and O–H groups in total. The van der Waals surface area contributed by atoms with Crippen molar-refractivity contribution in [2.24, 2.45) is 10.9 Å². The quantitative estimate of drug-likeness (QED) is 0.747. The van der Waals surface area contributed by atoms with E-state index in [2.05, 4.69) is 20.7 Å². The Hall–Kier alpha value is -3.42. The average Bonchev–Trinajstić information content (AvgIpc) is 3.57. The first kappa shape index (κ1) is 18.9. The molecular formula is C21H23N5O3. The van der Waals surface area contributed by atoms with E-state index in [1.165, 1.54) is 17.9 Å². The number of aryl methyl sites for hydroxylation is 1. The fraction of sp³-hybridized carbons (Fsp3) is 0.333. The van der Waals surface area contributed by atoms with Crippen molar-refractivity contribution in [3.8, 4) is 5.88 Å². The minimum absolute atomic E-state index is 0.0851. The van der Waals surface area contributed by atoms with Crippen LogP contribution >= 0.6 is 0 Å². The number of carbonyl (C=O) groups is 2. The van der Waals surface area contributed by atoms with Gasteiger partial charge in [0.2, 0.25) is 11.7 Å². The second-order valence-electron chi connectivity index (χ2n) is 7.28. The smallest absolute Gasteiger partial charge is 0.288 e. The van der Waals surface area contributed by atoms with Crippen LogP contribution in [-0.4, -0.2) is 35.8 Å². The maximum atomic E-state index is 12.5. The number of carbonyl (C=O) groups excluding carboxylic acids is 2. The summed E-state index contributed by atoms with van der Waals surface area (Å²) in [6, 6.07) is 11.1. The van der Waals surface area contributed by atoms with Gasteiger partial charge in [-0.2, -0.15) is 0 Å². The molecule has 0 radical (unpaired) electrons. The van der Waals surface area contributed by atoms with Gasteiger partial charge in [0.1, 0.15) is 6.54 Å². The number of hydrogen-bond acceptors (Lipinski definition) is 6. The molecule has 0 spiro atoms. The van der Waals surface area contributed by atoms with Crippen LogP contribution in [0.15, 0.2) is 47.6 Å². The summed E-state index contributed by atoms with van der Waals surface area (Å²) in [5.41, 5.74) is 5.40. The third-order valence-corrected chi connectivity index (χ3v) is 4.76. The molecule has 1 aromatic carbocycles. The van der Waals surface area contributed by atoms with Crippen LogP contribution < -0.4 is 20.5 Å². The molecule has 2 heterocycles. The number of hydrazine groups is 1. The Labute approximate surface area is 169 Å². The predicted molar refractivity (Wildman–Crippen MR) is 108 cm³/mol. The largest absolute Gasteiger partial charge is 0.477 e. The van der Waals surface area contributed by atoms with Crippen LogP contribution in [0.25, 0.3) is 0 Å². The zero-order valence-electron chi connectivity index (χ0n) is 16.2. The maximum absolute atomic E-state index is 12.5. The van der Waals surface area contributed by atoms with Gasteiger partial charge in [0.25, 0.3) is 11.8 Å². The number of hydrogen-bond donors (Lipinski definition) is 2. The number of amides is 2. The molecule has 4 rings (SSSR count). The van der Waals surface area contributed by atoms with Gasteiger partial charge < -0.3 is 10.1 Å². The van der Waals surface area contributed by atoms with Crippen LogP contribution in [0.1, 0.15) is 24.0 Å². The zero-order valence-corrected chi connectivity index (χ0v) is 16.2. The van der Waals surface area contributed by atoms with Crippen LogP contribution in [0.2, 0.25) is 0 Å². The van der Waals surface area contributed by atoms with Gasteiger partial charge in [-0.05, 0) is 43.4 Å². The lowest BCUT2D eigenvalue weighted by Crippen LogP contribution is -2.55. The highest BCUT2D eigenvalue weighted by Crippen LogP contribution is 2.29. The highest BCUT2D eigenvalue weighted by Gasteiger charge is 2.25. The number of amidine groups is 1. The molecule has 2 amide bonds. The standard InChI is InChI=1S/C21H23N5O3/c1-14-2-7-17(8-3-14)26-19(27)12-23-20(25-26)21(28)24-11-16-6-9-18(22-10-16)29-13-15-4-5-15/h2-3,6-10,15H,4-5,11-13H2,1H3,(H,23,25)(H,24,28). The fourth-order valence-corrected chi connectivity index (χ4v) is 2.80. The molecule has 1 aromatic heterocycles. The maximum Gasteiger partial charge on any atom is 0.288 e. The van der Waals surface area contributed by atoms with Crippen LogP contribution in [0.4, 0.5) is 5.69 Å². The topological polar surface area (TPSA) is 95.9 Å². The Morgan fingerprint density at radius 2 is 2.03 bits per heavy atom. The van der Waals surface area contributed by atoms with E-state index >= 15 is 0 Å². The van der Waals surface area contributed by atoms with Gasteiger partial charge >= 0.3 is 0 Å². The highest BCUT2D eigenvalue weighted by atomic mass is 16.5. The zero-order chi connectivity index (χ0) is 20.2. The molecule has 0 atom stereocenters. The first-order chi connectivity index (χ1) is 14.1. The van der Waals surface area contributed by atoms with Crippen LogP contribution in [-0.2, 0) is 16.1 Å². The van der Waals surface area contributed by atoms with Crippen molar-refractivity contribution in [2.45, 2.75) is 26.3 Å². The van der Waals surface area contributed by atoms with E-state index in [9.17, 15) is 9.59 Å². The predicted octanol–water partition coefficient (Wildman–Crippen LogP) is 1.74. The van der Waals surface area contributed by atoms with E-state index in [0.29, 0.717) is 30.6 Å². The molecule has 1 aliphatic carbocycles. The summed E-state index contributed by atoms with van der Waals surface area (Å²) < 4.78 is 5.61. The lowest BCUT2D eigenvalue weighted by Gasteiger charge is -2.27. The number of nitrogens with zero attached hydrogens (tertiary/aromatic N) is 3. The van der Waals surface area contributed by atoms with Crippen LogP contribution in [0, 0.1) is 12.8 Å². The summed E-state index contributed by atoms with van der Waals surface area (Å²) in [4.78, 5) is 32.9. The summed E-state index contributed by atoms with van der Waals surface area (Å²) in [6.45, 7) is 2.90. The van der Waals surface area contributed by atoms with E-state index in [1.54, 1.807) is 12.3 Å².